The lowest BCUT2D eigenvalue weighted by Gasteiger charge is -2.23. The predicted octanol–water partition coefficient (Wildman–Crippen LogP) is 2.18. The van der Waals surface area contributed by atoms with Gasteiger partial charge in [0.05, 0.1) is 24.9 Å². The summed E-state index contributed by atoms with van der Waals surface area (Å²) in [7, 11) is 0. The molecule has 110 valence electrons. The Morgan fingerprint density at radius 3 is 2.95 bits per heavy atom. The van der Waals surface area contributed by atoms with Crippen molar-refractivity contribution in [1.82, 2.24) is 15.3 Å². The van der Waals surface area contributed by atoms with Crippen LogP contribution < -0.4 is 5.32 Å². The van der Waals surface area contributed by atoms with Crippen LogP contribution >= 0.6 is 0 Å². The molecule has 0 spiro atoms. The van der Waals surface area contributed by atoms with Crippen molar-refractivity contribution in [1.29, 1.82) is 0 Å². The van der Waals surface area contributed by atoms with Crippen molar-refractivity contribution in [2.75, 3.05) is 19.8 Å². The van der Waals surface area contributed by atoms with Crippen LogP contribution in [-0.2, 0) is 11.2 Å². The third-order valence-electron chi connectivity index (χ3n) is 3.52. The molecule has 1 fully saturated rings. The van der Waals surface area contributed by atoms with Gasteiger partial charge in [-0.05, 0) is 24.6 Å². The van der Waals surface area contributed by atoms with Crippen LogP contribution in [0.25, 0.3) is 0 Å². The molecule has 2 aromatic rings. The molecular weight excluding hydrogens is 269 g/mol. The van der Waals surface area contributed by atoms with Crippen molar-refractivity contribution in [2.45, 2.75) is 19.4 Å². The van der Waals surface area contributed by atoms with Gasteiger partial charge in [0.2, 0.25) is 0 Å². The topological polar surface area (TPSA) is 47.0 Å². The first-order chi connectivity index (χ1) is 10.2. The number of morpholine rings is 1. The Morgan fingerprint density at radius 2 is 2.19 bits per heavy atom. The van der Waals surface area contributed by atoms with Gasteiger partial charge in [-0.3, -0.25) is 0 Å². The van der Waals surface area contributed by atoms with E-state index >= 15 is 0 Å². The minimum Gasteiger partial charge on any atom is -0.378 e. The Hall–Kier alpha value is -1.85. The van der Waals surface area contributed by atoms with E-state index in [2.05, 4.69) is 15.3 Å². The molecule has 4 nitrogen and oxygen atoms in total. The molecule has 3 rings (SSSR count). The van der Waals surface area contributed by atoms with E-state index < -0.39 is 0 Å². The van der Waals surface area contributed by atoms with Gasteiger partial charge in [-0.1, -0.05) is 18.2 Å². The van der Waals surface area contributed by atoms with Gasteiger partial charge in [0, 0.05) is 18.7 Å². The van der Waals surface area contributed by atoms with Crippen LogP contribution in [0.3, 0.4) is 0 Å². The standard InChI is InChI=1S/C16H18FN3O/c1-11-19-13(8-12-4-2-3-5-14(12)17)9-15(20-11)16-10-21-7-6-18-16/h2-5,9,16,18H,6-8,10H2,1H3. The monoisotopic (exact) mass is 287 g/mol. The lowest BCUT2D eigenvalue weighted by molar-refractivity contribution is 0.0755. The van der Waals surface area contributed by atoms with Crippen molar-refractivity contribution < 1.29 is 9.13 Å². The minimum absolute atomic E-state index is 0.0832. The van der Waals surface area contributed by atoms with E-state index in [1.54, 1.807) is 12.1 Å². The van der Waals surface area contributed by atoms with E-state index in [0.29, 0.717) is 24.4 Å². The molecule has 1 N–H and O–H groups in total. The zero-order chi connectivity index (χ0) is 14.7. The van der Waals surface area contributed by atoms with Gasteiger partial charge in [-0.25, -0.2) is 14.4 Å². The van der Waals surface area contributed by atoms with Crippen molar-refractivity contribution >= 4 is 0 Å². The molecule has 1 atom stereocenters. The lowest BCUT2D eigenvalue weighted by Crippen LogP contribution is -2.35. The highest BCUT2D eigenvalue weighted by atomic mass is 19.1. The van der Waals surface area contributed by atoms with Crippen molar-refractivity contribution in [3.8, 4) is 0 Å². The highest BCUT2D eigenvalue weighted by molar-refractivity contribution is 5.25. The summed E-state index contributed by atoms with van der Waals surface area (Å²) in [4.78, 5) is 8.89. The zero-order valence-electron chi connectivity index (χ0n) is 12.0. The van der Waals surface area contributed by atoms with Crippen LogP contribution in [0.5, 0.6) is 0 Å². The molecule has 5 heteroatoms. The number of nitrogens with one attached hydrogen (secondary N) is 1. The predicted molar refractivity (Wildman–Crippen MR) is 77.5 cm³/mol. The van der Waals surface area contributed by atoms with Crippen LogP contribution in [-0.4, -0.2) is 29.7 Å². The number of halogens is 1. The average Bonchev–Trinajstić information content (AvgIpc) is 2.50. The lowest BCUT2D eigenvalue weighted by atomic mass is 10.1. The maximum atomic E-state index is 13.8. The Balaban J connectivity index is 1.85. The largest absolute Gasteiger partial charge is 0.378 e. The van der Waals surface area contributed by atoms with Gasteiger partial charge in [0.15, 0.2) is 0 Å². The van der Waals surface area contributed by atoms with Crippen LogP contribution in [0.1, 0.15) is 28.8 Å². The second-order valence-corrected chi connectivity index (χ2v) is 5.18. The van der Waals surface area contributed by atoms with Crippen LogP contribution in [0.4, 0.5) is 4.39 Å². The zero-order valence-corrected chi connectivity index (χ0v) is 12.0. The highest BCUT2D eigenvalue weighted by Gasteiger charge is 2.18. The third-order valence-corrected chi connectivity index (χ3v) is 3.52. The molecule has 1 aliphatic heterocycles. The summed E-state index contributed by atoms with van der Waals surface area (Å²) < 4.78 is 19.2. The summed E-state index contributed by atoms with van der Waals surface area (Å²) in [6, 6.07) is 8.81. The van der Waals surface area contributed by atoms with Gasteiger partial charge in [-0.2, -0.15) is 0 Å². The molecule has 21 heavy (non-hydrogen) atoms. The van der Waals surface area contributed by atoms with E-state index in [4.69, 9.17) is 4.74 Å². The van der Waals surface area contributed by atoms with Gasteiger partial charge in [0.25, 0.3) is 0 Å². The SMILES string of the molecule is Cc1nc(Cc2ccccc2F)cc(C2COCCN2)n1. The Bertz CT molecular complexity index is 627. The second kappa shape index (κ2) is 6.28. The number of rotatable bonds is 3. The Labute approximate surface area is 123 Å². The molecule has 2 heterocycles. The van der Waals surface area contributed by atoms with E-state index in [1.807, 2.05) is 19.1 Å². The van der Waals surface area contributed by atoms with Crippen LogP contribution in [0.15, 0.2) is 30.3 Å². The van der Waals surface area contributed by atoms with Crippen molar-refractivity contribution in [2.24, 2.45) is 0 Å². The quantitative estimate of drug-likeness (QED) is 0.940. The minimum atomic E-state index is -0.200. The molecule has 1 aromatic heterocycles. The number of benzene rings is 1. The highest BCUT2D eigenvalue weighted by Crippen LogP contribution is 2.17. The molecule has 1 aliphatic rings. The first-order valence-corrected chi connectivity index (χ1v) is 7.11. The first-order valence-electron chi connectivity index (χ1n) is 7.11. The number of hydrogen-bond acceptors (Lipinski definition) is 4. The van der Waals surface area contributed by atoms with Gasteiger partial charge in [-0.15, -0.1) is 0 Å². The van der Waals surface area contributed by atoms with Crippen molar-refractivity contribution in [3.05, 3.63) is 58.9 Å². The molecule has 1 saturated heterocycles. The molecule has 1 aromatic carbocycles. The molecule has 0 amide bonds. The second-order valence-electron chi connectivity index (χ2n) is 5.18. The molecular formula is C16H18FN3O. The van der Waals surface area contributed by atoms with E-state index in [1.165, 1.54) is 6.07 Å². The molecule has 0 aliphatic carbocycles. The summed E-state index contributed by atoms with van der Waals surface area (Å²) in [6.07, 6.45) is 0.469. The summed E-state index contributed by atoms with van der Waals surface area (Å²) in [5.41, 5.74) is 2.39. The normalized spacial score (nSPS) is 18.7. The van der Waals surface area contributed by atoms with E-state index in [-0.39, 0.29) is 11.9 Å². The fourth-order valence-corrected chi connectivity index (χ4v) is 2.52. The first kappa shape index (κ1) is 14.1. The molecule has 0 bridgehead atoms. The summed E-state index contributed by atoms with van der Waals surface area (Å²) in [5, 5.41) is 3.38. The average molecular weight is 287 g/mol. The van der Waals surface area contributed by atoms with Gasteiger partial charge >= 0.3 is 0 Å². The Kier molecular flexibility index (Phi) is 4.22. The Morgan fingerprint density at radius 1 is 1.33 bits per heavy atom. The number of hydrogen-bond donors (Lipinski definition) is 1. The third kappa shape index (κ3) is 3.43. The smallest absolute Gasteiger partial charge is 0.126 e. The van der Waals surface area contributed by atoms with E-state index in [0.717, 1.165) is 24.5 Å². The van der Waals surface area contributed by atoms with E-state index in [9.17, 15) is 4.39 Å². The summed E-state index contributed by atoms with van der Waals surface area (Å²) in [5.74, 6) is 0.501. The van der Waals surface area contributed by atoms with Crippen molar-refractivity contribution in [3.63, 3.8) is 0 Å². The number of nitrogens with zero attached hydrogens (tertiary/aromatic N) is 2. The fourth-order valence-electron chi connectivity index (χ4n) is 2.52. The maximum Gasteiger partial charge on any atom is 0.126 e. The number of aromatic nitrogens is 2. The number of aryl methyl sites for hydroxylation is 1. The maximum absolute atomic E-state index is 13.8. The molecule has 0 saturated carbocycles. The fraction of sp³-hybridized carbons (Fsp3) is 0.375. The number of ether oxygens (including phenoxy) is 1. The van der Waals surface area contributed by atoms with Crippen LogP contribution in [0.2, 0.25) is 0 Å². The van der Waals surface area contributed by atoms with Crippen LogP contribution in [0, 0.1) is 12.7 Å². The molecule has 0 radical (unpaired) electrons. The molecule has 1 unspecified atom stereocenters. The van der Waals surface area contributed by atoms with Gasteiger partial charge in [0.1, 0.15) is 11.6 Å². The summed E-state index contributed by atoms with van der Waals surface area (Å²) >= 11 is 0. The van der Waals surface area contributed by atoms with Gasteiger partial charge < -0.3 is 10.1 Å². The summed E-state index contributed by atoms with van der Waals surface area (Å²) in [6.45, 7) is 4.01.